The molecule has 2 amide bonds. The molecule has 4 heterocycles. The van der Waals surface area contributed by atoms with Crippen LogP contribution in [0, 0.1) is 0 Å². The van der Waals surface area contributed by atoms with Gasteiger partial charge in [0.15, 0.2) is 11.5 Å². The minimum atomic E-state index is -3.64. The lowest BCUT2D eigenvalue weighted by molar-refractivity contribution is 0.0572. The molecule has 0 bridgehead atoms. The van der Waals surface area contributed by atoms with E-state index in [-0.39, 0.29) is 22.6 Å². The highest BCUT2D eigenvalue weighted by Crippen LogP contribution is 2.40. The molecule has 242 valence electrons. The van der Waals surface area contributed by atoms with Crippen molar-refractivity contribution in [1.29, 1.82) is 0 Å². The van der Waals surface area contributed by atoms with Gasteiger partial charge in [0.1, 0.15) is 4.21 Å². The number of piperazine rings is 1. The highest BCUT2D eigenvalue weighted by atomic mass is 32.2. The van der Waals surface area contributed by atoms with Crippen LogP contribution in [0.3, 0.4) is 0 Å². The van der Waals surface area contributed by atoms with Gasteiger partial charge in [-0.05, 0) is 76.5 Å². The third-order valence-electron chi connectivity index (χ3n) is 8.43. The topological polar surface area (TPSA) is 108 Å². The lowest BCUT2D eigenvalue weighted by Crippen LogP contribution is -2.46. The predicted octanol–water partition coefficient (Wildman–Crippen LogP) is 5.25. The number of carbonyl (C=O) groups excluding carboxylic acids is 2. The first kappa shape index (κ1) is 32.2. The van der Waals surface area contributed by atoms with E-state index in [4.69, 9.17) is 9.47 Å². The normalized spacial score (nSPS) is 16.1. The molecule has 0 aliphatic carbocycles. The molecule has 0 unspecified atom stereocenters. The Balaban J connectivity index is 1.24. The van der Waals surface area contributed by atoms with Crippen LogP contribution in [-0.4, -0.2) is 77.0 Å². The van der Waals surface area contributed by atoms with Crippen LogP contribution in [-0.2, 0) is 16.6 Å². The summed E-state index contributed by atoms with van der Waals surface area (Å²) in [5, 5.41) is 5.97. The molecule has 1 fully saturated rings. The van der Waals surface area contributed by atoms with Crippen molar-refractivity contribution in [2.75, 3.05) is 51.8 Å². The van der Waals surface area contributed by atoms with Crippen LogP contribution in [0.4, 0.5) is 5.69 Å². The van der Waals surface area contributed by atoms with E-state index in [0.29, 0.717) is 41.0 Å². The number of fused-ring (bicyclic) bond motifs is 1. The molecule has 1 N–H and O–H groups in total. The summed E-state index contributed by atoms with van der Waals surface area (Å²) in [7, 11) is -0.568. The molecule has 0 spiro atoms. The number of rotatable bonds is 13. The van der Waals surface area contributed by atoms with E-state index in [1.165, 1.54) is 17.6 Å². The molecule has 0 saturated carbocycles. The first-order valence-corrected chi connectivity index (χ1v) is 18.4. The first-order valence-electron chi connectivity index (χ1n) is 15.0. The Morgan fingerprint density at radius 3 is 2.41 bits per heavy atom. The summed E-state index contributed by atoms with van der Waals surface area (Å²) >= 11 is 2.84. The molecule has 1 saturated heterocycles. The monoisotopic (exact) mass is 680 g/mol. The summed E-state index contributed by atoms with van der Waals surface area (Å²) in [4.78, 5) is 34.2. The Bertz CT molecular complexity index is 1790. The van der Waals surface area contributed by atoms with E-state index in [2.05, 4.69) is 31.3 Å². The number of hydrogen-bond donors (Lipinski definition) is 1. The van der Waals surface area contributed by atoms with E-state index in [1.807, 2.05) is 18.2 Å². The number of thiophene rings is 2. The lowest BCUT2D eigenvalue weighted by atomic mass is 9.99. The number of ether oxygens (including phenoxy) is 2. The van der Waals surface area contributed by atoms with Crippen molar-refractivity contribution in [3.05, 3.63) is 93.0 Å². The molecule has 2 aliphatic heterocycles. The molecule has 46 heavy (non-hydrogen) atoms. The van der Waals surface area contributed by atoms with Gasteiger partial charge in [0.25, 0.3) is 11.8 Å². The summed E-state index contributed by atoms with van der Waals surface area (Å²) in [6.07, 6.45) is 0.723. The standard InChI is InChI=1S/C33H36N4O6S3/c1-42-28-11-10-24(20-29(28)43-2)26(8-4-13-34-46(40,41)30-9-5-18-45-30)37-32(38)25-6-3-7-27(31(25)33(37)39)36-16-14-35(15-17-36)21-23-12-19-44-22-23/h3,5-7,9-12,18-20,22,26,34H,4,8,13-17,21H2,1-2H3/t26-/m1/s1. The fourth-order valence-corrected chi connectivity index (χ4v) is 8.89. The Morgan fingerprint density at radius 2 is 1.72 bits per heavy atom. The van der Waals surface area contributed by atoms with Gasteiger partial charge in [-0.15, -0.1) is 11.3 Å². The Morgan fingerprint density at radius 1 is 0.913 bits per heavy atom. The molecular formula is C33H36N4O6S3. The smallest absolute Gasteiger partial charge is 0.264 e. The summed E-state index contributed by atoms with van der Waals surface area (Å²) in [6.45, 7) is 4.22. The minimum absolute atomic E-state index is 0.147. The number of carbonyl (C=O) groups is 2. The molecular weight excluding hydrogens is 645 g/mol. The SMILES string of the molecule is COc1ccc([C@@H](CCCNS(=O)(=O)c2cccs2)N2C(=O)c3cccc(N4CCN(Cc5ccsc5)CC4)c3C2=O)cc1OC. The number of amides is 2. The largest absolute Gasteiger partial charge is 0.493 e. The molecule has 4 aromatic rings. The molecule has 0 radical (unpaired) electrons. The minimum Gasteiger partial charge on any atom is -0.493 e. The van der Waals surface area contributed by atoms with Crippen molar-refractivity contribution in [3.63, 3.8) is 0 Å². The van der Waals surface area contributed by atoms with Crippen LogP contribution < -0.4 is 19.1 Å². The van der Waals surface area contributed by atoms with Gasteiger partial charge in [0.05, 0.1) is 37.1 Å². The molecule has 10 nitrogen and oxygen atoms in total. The van der Waals surface area contributed by atoms with Gasteiger partial charge in [0.2, 0.25) is 10.0 Å². The van der Waals surface area contributed by atoms with E-state index < -0.39 is 16.1 Å². The Hall–Kier alpha value is -3.75. The quantitative estimate of drug-likeness (QED) is 0.151. The Labute approximate surface area is 277 Å². The van der Waals surface area contributed by atoms with Crippen LogP contribution in [0.1, 0.15) is 50.7 Å². The summed E-state index contributed by atoms with van der Waals surface area (Å²) in [5.74, 6) is 0.282. The van der Waals surface area contributed by atoms with Gasteiger partial charge in [0, 0.05) is 39.3 Å². The zero-order valence-electron chi connectivity index (χ0n) is 25.7. The third kappa shape index (κ3) is 6.56. The van der Waals surface area contributed by atoms with Gasteiger partial charge in [-0.2, -0.15) is 11.3 Å². The Kier molecular flexibility index (Phi) is 9.76. The average molecular weight is 681 g/mol. The number of imide groups is 1. The van der Waals surface area contributed by atoms with E-state index in [9.17, 15) is 18.0 Å². The van der Waals surface area contributed by atoms with Crippen molar-refractivity contribution < 1.29 is 27.5 Å². The number of nitrogens with zero attached hydrogens (tertiary/aromatic N) is 3. The second-order valence-electron chi connectivity index (χ2n) is 11.2. The zero-order chi connectivity index (χ0) is 32.3. The van der Waals surface area contributed by atoms with Crippen LogP contribution >= 0.6 is 22.7 Å². The summed E-state index contributed by atoms with van der Waals surface area (Å²) < 4.78 is 39.3. The number of nitrogens with one attached hydrogen (secondary N) is 1. The number of sulfonamides is 1. The number of hydrogen-bond acceptors (Lipinski definition) is 10. The van der Waals surface area contributed by atoms with E-state index in [1.54, 1.807) is 54.2 Å². The second-order valence-corrected chi connectivity index (χ2v) is 14.9. The van der Waals surface area contributed by atoms with Crippen LogP contribution in [0.2, 0.25) is 0 Å². The number of anilines is 1. The summed E-state index contributed by atoms with van der Waals surface area (Å²) in [6, 6.07) is 15.6. The highest BCUT2D eigenvalue weighted by molar-refractivity contribution is 7.91. The molecule has 2 aliphatic rings. The fraction of sp³-hybridized carbons (Fsp3) is 0.333. The third-order valence-corrected chi connectivity index (χ3v) is 12.0. The van der Waals surface area contributed by atoms with Crippen molar-refractivity contribution in [1.82, 2.24) is 14.5 Å². The van der Waals surface area contributed by atoms with Crippen LogP contribution in [0.15, 0.2) is 74.9 Å². The van der Waals surface area contributed by atoms with Gasteiger partial charge < -0.3 is 14.4 Å². The van der Waals surface area contributed by atoms with Crippen LogP contribution in [0.5, 0.6) is 11.5 Å². The maximum atomic E-state index is 14.3. The second kappa shape index (κ2) is 13.9. The number of benzene rings is 2. The van der Waals surface area contributed by atoms with Crippen molar-refractivity contribution >= 4 is 50.2 Å². The molecule has 6 rings (SSSR count). The molecule has 2 aromatic heterocycles. The highest BCUT2D eigenvalue weighted by Gasteiger charge is 2.43. The zero-order valence-corrected chi connectivity index (χ0v) is 28.1. The first-order chi connectivity index (χ1) is 22.3. The van der Waals surface area contributed by atoms with Gasteiger partial charge >= 0.3 is 0 Å². The predicted molar refractivity (Wildman–Crippen MR) is 180 cm³/mol. The van der Waals surface area contributed by atoms with Crippen molar-refractivity contribution in [3.8, 4) is 11.5 Å². The molecule has 2 aromatic carbocycles. The lowest BCUT2D eigenvalue weighted by Gasteiger charge is -2.36. The van der Waals surface area contributed by atoms with Crippen LogP contribution in [0.25, 0.3) is 0 Å². The fourth-order valence-electron chi connectivity index (χ4n) is 6.11. The van der Waals surface area contributed by atoms with E-state index in [0.717, 1.165) is 49.7 Å². The molecule has 1 atom stereocenters. The van der Waals surface area contributed by atoms with Gasteiger partial charge in [-0.1, -0.05) is 18.2 Å². The van der Waals surface area contributed by atoms with Crippen molar-refractivity contribution in [2.45, 2.75) is 29.6 Å². The van der Waals surface area contributed by atoms with Gasteiger partial charge in [-0.3, -0.25) is 19.4 Å². The average Bonchev–Trinajstić information content (AvgIpc) is 3.85. The van der Waals surface area contributed by atoms with E-state index >= 15 is 0 Å². The van der Waals surface area contributed by atoms with Crippen molar-refractivity contribution in [2.24, 2.45) is 0 Å². The molecule has 13 heteroatoms. The number of methoxy groups -OCH3 is 2. The maximum Gasteiger partial charge on any atom is 0.264 e. The summed E-state index contributed by atoms with van der Waals surface area (Å²) in [5.41, 5.74) is 3.56. The maximum absolute atomic E-state index is 14.3. The van der Waals surface area contributed by atoms with Gasteiger partial charge in [-0.25, -0.2) is 13.1 Å².